The monoisotopic (exact) mass is 239 g/mol. The van der Waals surface area contributed by atoms with Gasteiger partial charge >= 0.3 is 0 Å². The van der Waals surface area contributed by atoms with Crippen LogP contribution in [0.2, 0.25) is 0 Å². The minimum absolute atomic E-state index is 0.0631. The number of amides is 1. The van der Waals surface area contributed by atoms with Gasteiger partial charge in [-0.3, -0.25) is 9.48 Å². The van der Waals surface area contributed by atoms with Crippen LogP contribution >= 0.6 is 0 Å². The molecule has 0 radical (unpaired) electrons. The van der Waals surface area contributed by atoms with Crippen LogP contribution in [0.4, 0.5) is 0 Å². The Labute approximate surface area is 102 Å². The molecule has 17 heavy (non-hydrogen) atoms. The number of carbonyl (C=O) groups is 1. The summed E-state index contributed by atoms with van der Waals surface area (Å²) in [6, 6.07) is 0. The van der Waals surface area contributed by atoms with Crippen molar-refractivity contribution >= 4 is 5.91 Å². The van der Waals surface area contributed by atoms with Crippen molar-refractivity contribution in [3.05, 3.63) is 11.9 Å². The minimum atomic E-state index is -0.164. The number of aryl methyl sites for hydroxylation is 1. The van der Waals surface area contributed by atoms with Gasteiger partial charge in [-0.1, -0.05) is 5.21 Å². The second kappa shape index (κ2) is 5.77. The Kier molecular flexibility index (Phi) is 4.62. The van der Waals surface area contributed by atoms with Crippen molar-refractivity contribution in [1.29, 1.82) is 0 Å². The Balaban J connectivity index is 2.17. The molecule has 1 aromatic rings. The summed E-state index contributed by atoms with van der Waals surface area (Å²) in [6.45, 7) is 7.23. The third-order valence-corrected chi connectivity index (χ3v) is 2.16. The van der Waals surface area contributed by atoms with E-state index in [-0.39, 0.29) is 11.4 Å². The van der Waals surface area contributed by atoms with Gasteiger partial charge in [0, 0.05) is 32.1 Å². The Bertz CT molecular complexity index is 366. The molecule has 96 valence electrons. The highest BCUT2D eigenvalue weighted by Gasteiger charge is 2.12. The number of carbonyl (C=O) groups excluding carboxylic acids is 1. The van der Waals surface area contributed by atoms with Gasteiger partial charge in [0.15, 0.2) is 0 Å². The average Bonchev–Trinajstić information content (AvgIpc) is 2.56. The molecule has 0 spiro atoms. The zero-order chi connectivity index (χ0) is 12.9. The normalized spacial score (nSPS) is 11.5. The highest BCUT2D eigenvalue weighted by Crippen LogP contribution is 1.98. The summed E-state index contributed by atoms with van der Waals surface area (Å²) in [5.41, 5.74) is 0.837. The third kappa shape index (κ3) is 5.44. The zero-order valence-corrected chi connectivity index (χ0v) is 10.9. The number of aromatic nitrogens is 3. The maximum absolute atomic E-state index is 11.5. The molecule has 0 unspecified atom stereocenters. The number of nitrogens with one attached hydrogen (secondary N) is 2. The molecule has 0 fully saturated rings. The molecular weight excluding hydrogens is 218 g/mol. The van der Waals surface area contributed by atoms with Crippen molar-refractivity contribution < 1.29 is 4.79 Å². The molecule has 1 rings (SSSR count). The summed E-state index contributed by atoms with van der Waals surface area (Å²) in [5.74, 6) is 0.0631. The predicted molar refractivity (Wildman–Crippen MR) is 65.2 cm³/mol. The fourth-order valence-electron chi connectivity index (χ4n) is 1.37. The molecule has 0 bridgehead atoms. The van der Waals surface area contributed by atoms with Gasteiger partial charge in [-0.05, 0) is 20.8 Å². The quantitative estimate of drug-likeness (QED) is 0.721. The highest BCUT2D eigenvalue weighted by atomic mass is 16.1. The van der Waals surface area contributed by atoms with Crippen LogP contribution in [-0.4, -0.2) is 33.0 Å². The fraction of sp³-hybridized carbons (Fsp3) is 0.727. The summed E-state index contributed by atoms with van der Waals surface area (Å²) in [5, 5.41) is 13.7. The lowest BCUT2D eigenvalue weighted by Crippen LogP contribution is -2.41. The average molecular weight is 239 g/mol. The summed E-state index contributed by atoms with van der Waals surface area (Å²) < 4.78 is 1.71. The van der Waals surface area contributed by atoms with Crippen LogP contribution in [-0.2, 0) is 18.4 Å². The first-order valence-electron chi connectivity index (χ1n) is 5.74. The van der Waals surface area contributed by atoms with E-state index >= 15 is 0 Å². The van der Waals surface area contributed by atoms with Crippen LogP contribution in [0.5, 0.6) is 0 Å². The van der Waals surface area contributed by atoms with Crippen molar-refractivity contribution in [2.45, 2.75) is 39.3 Å². The number of hydrogen-bond acceptors (Lipinski definition) is 4. The second-order valence-electron chi connectivity index (χ2n) is 5.07. The lowest BCUT2D eigenvalue weighted by Gasteiger charge is -2.20. The lowest BCUT2D eigenvalue weighted by molar-refractivity contribution is -0.122. The molecule has 1 amide bonds. The van der Waals surface area contributed by atoms with E-state index in [0.29, 0.717) is 19.5 Å². The van der Waals surface area contributed by atoms with Crippen molar-refractivity contribution in [1.82, 2.24) is 25.6 Å². The van der Waals surface area contributed by atoms with Crippen LogP contribution in [0.25, 0.3) is 0 Å². The van der Waals surface area contributed by atoms with Gasteiger partial charge in [0.2, 0.25) is 5.91 Å². The molecule has 0 atom stereocenters. The maximum atomic E-state index is 11.5. The Morgan fingerprint density at radius 2 is 2.18 bits per heavy atom. The van der Waals surface area contributed by atoms with Crippen LogP contribution in [0.1, 0.15) is 32.9 Å². The minimum Gasteiger partial charge on any atom is -0.351 e. The number of rotatable bonds is 5. The van der Waals surface area contributed by atoms with Crippen LogP contribution in [0, 0.1) is 0 Å². The van der Waals surface area contributed by atoms with Crippen LogP contribution in [0.15, 0.2) is 6.20 Å². The molecule has 0 aromatic carbocycles. The van der Waals surface area contributed by atoms with Crippen LogP contribution in [0.3, 0.4) is 0 Å². The van der Waals surface area contributed by atoms with Gasteiger partial charge in [0.1, 0.15) is 0 Å². The van der Waals surface area contributed by atoms with E-state index in [2.05, 4.69) is 20.9 Å². The Hall–Kier alpha value is -1.43. The van der Waals surface area contributed by atoms with Gasteiger partial charge in [0.05, 0.1) is 11.9 Å². The molecular formula is C11H21N5O. The molecule has 2 N–H and O–H groups in total. The summed E-state index contributed by atoms with van der Waals surface area (Å²) in [7, 11) is 1.84. The first kappa shape index (κ1) is 13.6. The van der Waals surface area contributed by atoms with Gasteiger partial charge in [-0.2, -0.15) is 0 Å². The standard InChI is InChI=1S/C11H21N5O/c1-11(2,3)14-10(17)5-6-12-7-9-8-13-15-16(9)4/h8,12H,5-7H2,1-4H3,(H,14,17). The molecule has 0 saturated heterocycles. The van der Waals surface area contributed by atoms with Crippen LogP contribution < -0.4 is 10.6 Å². The van der Waals surface area contributed by atoms with E-state index in [1.54, 1.807) is 10.9 Å². The molecule has 0 saturated carbocycles. The van der Waals surface area contributed by atoms with E-state index in [1.165, 1.54) is 0 Å². The molecule has 1 aromatic heterocycles. The smallest absolute Gasteiger partial charge is 0.221 e. The number of hydrogen-bond donors (Lipinski definition) is 2. The summed E-state index contributed by atoms with van der Waals surface area (Å²) >= 11 is 0. The van der Waals surface area contributed by atoms with E-state index in [1.807, 2.05) is 27.8 Å². The molecule has 1 heterocycles. The van der Waals surface area contributed by atoms with Crippen molar-refractivity contribution in [2.24, 2.45) is 7.05 Å². The summed E-state index contributed by atoms with van der Waals surface area (Å²) in [6.07, 6.45) is 2.19. The summed E-state index contributed by atoms with van der Waals surface area (Å²) in [4.78, 5) is 11.5. The molecule has 0 aliphatic heterocycles. The van der Waals surface area contributed by atoms with Crippen molar-refractivity contribution in [3.8, 4) is 0 Å². The highest BCUT2D eigenvalue weighted by molar-refractivity contribution is 5.76. The topological polar surface area (TPSA) is 71.8 Å². The van der Waals surface area contributed by atoms with Crippen molar-refractivity contribution in [3.63, 3.8) is 0 Å². The molecule has 6 heteroatoms. The second-order valence-corrected chi connectivity index (χ2v) is 5.07. The van der Waals surface area contributed by atoms with Gasteiger partial charge in [0.25, 0.3) is 0 Å². The Morgan fingerprint density at radius 3 is 2.71 bits per heavy atom. The van der Waals surface area contributed by atoms with E-state index in [4.69, 9.17) is 0 Å². The SMILES string of the molecule is Cn1nncc1CNCCC(=O)NC(C)(C)C. The fourth-order valence-corrected chi connectivity index (χ4v) is 1.37. The zero-order valence-electron chi connectivity index (χ0n) is 10.9. The first-order valence-corrected chi connectivity index (χ1v) is 5.74. The first-order chi connectivity index (χ1) is 7.88. The molecule has 0 aliphatic rings. The predicted octanol–water partition coefficient (Wildman–Crippen LogP) is 0.210. The number of nitrogens with zero attached hydrogens (tertiary/aromatic N) is 3. The molecule has 6 nitrogen and oxygen atoms in total. The van der Waals surface area contributed by atoms with Gasteiger partial charge in [-0.15, -0.1) is 5.10 Å². The van der Waals surface area contributed by atoms with Gasteiger partial charge < -0.3 is 10.6 Å². The lowest BCUT2D eigenvalue weighted by atomic mass is 10.1. The van der Waals surface area contributed by atoms with Crippen molar-refractivity contribution in [2.75, 3.05) is 6.54 Å². The largest absolute Gasteiger partial charge is 0.351 e. The van der Waals surface area contributed by atoms with Gasteiger partial charge in [-0.25, -0.2) is 0 Å². The Morgan fingerprint density at radius 1 is 1.47 bits per heavy atom. The van der Waals surface area contributed by atoms with E-state index < -0.39 is 0 Å². The van der Waals surface area contributed by atoms with E-state index in [0.717, 1.165) is 5.69 Å². The van der Waals surface area contributed by atoms with E-state index in [9.17, 15) is 4.79 Å². The third-order valence-electron chi connectivity index (χ3n) is 2.16. The maximum Gasteiger partial charge on any atom is 0.221 e. The molecule has 0 aliphatic carbocycles.